The highest BCUT2D eigenvalue weighted by Gasteiger charge is 2.29. The first-order valence-corrected chi connectivity index (χ1v) is 12.5. The topological polar surface area (TPSA) is 55.2 Å². The lowest BCUT2D eigenvalue weighted by molar-refractivity contribution is -0.134. The lowest BCUT2D eigenvalue weighted by Crippen LogP contribution is -2.39. The third-order valence-electron chi connectivity index (χ3n) is 6.90. The number of rotatable bonds is 9. The zero-order chi connectivity index (χ0) is 23.2. The molecule has 0 spiro atoms. The molecule has 0 bridgehead atoms. The molecule has 1 fully saturated rings. The third kappa shape index (κ3) is 5.02. The number of aromatic nitrogens is 2. The summed E-state index contributed by atoms with van der Waals surface area (Å²) in [6.07, 6.45) is 8.19. The first-order valence-electron chi connectivity index (χ1n) is 12.5. The van der Waals surface area contributed by atoms with Crippen molar-refractivity contribution in [2.75, 3.05) is 6.54 Å². The van der Waals surface area contributed by atoms with Gasteiger partial charge in [-0.15, -0.1) is 0 Å². The number of amides is 1. The van der Waals surface area contributed by atoms with Crippen molar-refractivity contribution in [3.05, 3.63) is 70.8 Å². The van der Waals surface area contributed by atoms with Gasteiger partial charge in [0.2, 0.25) is 5.91 Å². The molecule has 1 heterocycles. The second-order valence-electron chi connectivity index (χ2n) is 9.16. The van der Waals surface area contributed by atoms with E-state index < -0.39 is 0 Å². The predicted octanol–water partition coefficient (Wildman–Crippen LogP) is 6.05. The molecule has 5 nitrogen and oxygen atoms in total. The van der Waals surface area contributed by atoms with Gasteiger partial charge in [0, 0.05) is 13.0 Å². The highest BCUT2D eigenvalue weighted by atomic mass is 16.2. The predicted molar refractivity (Wildman–Crippen MR) is 134 cm³/mol. The van der Waals surface area contributed by atoms with Crippen LogP contribution in [0.1, 0.15) is 77.1 Å². The Kier molecular flexibility index (Phi) is 7.58. The summed E-state index contributed by atoms with van der Waals surface area (Å²) in [6.45, 7) is 4.84. The van der Waals surface area contributed by atoms with E-state index in [1.807, 2.05) is 59.5 Å². The minimum atomic E-state index is -0.251. The zero-order valence-electron chi connectivity index (χ0n) is 19.9. The van der Waals surface area contributed by atoms with Crippen molar-refractivity contribution < 1.29 is 4.79 Å². The molecule has 1 saturated carbocycles. The van der Waals surface area contributed by atoms with Gasteiger partial charge in [-0.3, -0.25) is 14.2 Å². The number of para-hydroxylation sites is 2. The summed E-state index contributed by atoms with van der Waals surface area (Å²) in [7, 11) is 0. The van der Waals surface area contributed by atoms with Crippen LogP contribution >= 0.6 is 0 Å². The Morgan fingerprint density at radius 3 is 2.45 bits per heavy atom. The molecule has 174 valence electrons. The van der Waals surface area contributed by atoms with Crippen LogP contribution in [0.2, 0.25) is 0 Å². The van der Waals surface area contributed by atoms with Crippen LogP contribution in [0.25, 0.3) is 16.6 Å². The van der Waals surface area contributed by atoms with Gasteiger partial charge < -0.3 is 4.90 Å². The second kappa shape index (κ2) is 10.8. The van der Waals surface area contributed by atoms with Crippen molar-refractivity contribution in [2.24, 2.45) is 5.92 Å². The average Bonchev–Trinajstić information content (AvgIpc) is 3.37. The van der Waals surface area contributed by atoms with E-state index in [0.717, 1.165) is 18.5 Å². The second-order valence-corrected chi connectivity index (χ2v) is 9.16. The molecular weight excluding hydrogens is 410 g/mol. The zero-order valence-corrected chi connectivity index (χ0v) is 19.9. The van der Waals surface area contributed by atoms with Crippen LogP contribution in [-0.2, 0) is 4.79 Å². The quantitative estimate of drug-likeness (QED) is 0.403. The fraction of sp³-hybridized carbons (Fsp3) is 0.464. The average molecular weight is 446 g/mol. The Labute approximate surface area is 196 Å². The van der Waals surface area contributed by atoms with Gasteiger partial charge in [0.05, 0.1) is 22.6 Å². The van der Waals surface area contributed by atoms with Crippen molar-refractivity contribution in [2.45, 2.75) is 71.3 Å². The van der Waals surface area contributed by atoms with Gasteiger partial charge in [-0.1, -0.05) is 69.9 Å². The van der Waals surface area contributed by atoms with E-state index in [4.69, 9.17) is 4.98 Å². The van der Waals surface area contributed by atoms with E-state index in [9.17, 15) is 9.59 Å². The Bertz CT molecular complexity index is 1130. The van der Waals surface area contributed by atoms with E-state index in [1.54, 1.807) is 4.57 Å². The highest BCUT2D eigenvalue weighted by molar-refractivity contribution is 5.79. The summed E-state index contributed by atoms with van der Waals surface area (Å²) in [4.78, 5) is 34.1. The summed E-state index contributed by atoms with van der Waals surface area (Å²) in [5.41, 5.74) is 1.37. The first-order chi connectivity index (χ1) is 16.1. The van der Waals surface area contributed by atoms with Crippen molar-refractivity contribution in [3.8, 4) is 5.69 Å². The highest BCUT2D eigenvalue weighted by Crippen LogP contribution is 2.31. The Morgan fingerprint density at radius 1 is 1.06 bits per heavy atom. The SMILES string of the molecule is CCCN(C(=O)CCC1CCCC1)C(CC)c1nc2ccccc2c(=O)n1-c1ccccc1. The fourth-order valence-corrected chi connectivity index (χ4v) is 5.21. The maximum absolute atomic E-state index is 13.6. The van der Waals surface area contributed by atoms with Crippen LogP contribution < -0.4 is 5.56 Å². The normalized spacial score (nSPS) is 15.1. The smallest absolute Gasteiger partial charge is 0.266 e. The van der Waals surface area contributed by atoms with Gasteiger partial charge in [0.1, 0.15) is 5.82 Å². The van der Waals surface area contributed by atoms with Gasteiger partial charge in [-0.25, -0.2) is 4.98 Å². The molecule has 1 aliphatic carbocycles. The Morgan fingerprint density at radius 2 is 1.76 bits per heavy atom. The van der Waals surface area contributed by atoms with E-state index in [0.29, 0.717) is 42.0 Å². The van der Waals surface area contributed by atoms with Crippen molar-refractivity contribution in [1.82, 2.24) is 14.5 Å². The summed E-state index contributed by atoms with van der Waals surface area (Å²) in [5, 5.41) is 0.592. The molecule has 1 unspecified atom stereocenters. The minimum absolute atomic E-state index is 0.0879. The number of hydrogen-bond acceptors (Lipinski definition) is 3. The van der Waals surface area contributed by atoms with Crippen LogP contribution in [0.4, 0.5) is 0 Å². The molecule has 5 heteroatoms. The van der Waals surface area contributed by atoms with Crippen LogP contribution in [0, 0.1) is 5.92 Å². The molecule has 1 aliphatic rings. The van der Waals surface area contributed by atoms with Crippen molar-refractivity contribution in [3.63, 3.8) is 0 Å². The van der Waals surface area contributed by atoms with Crippen LogP contribution in [0.3, 0.4) is 0 Å². The summed E-state index contributed by atoms with van der Waals surface area (Å²) in [5.74, 6) is 1.51. The standard InChI is InChI=1S/C28H35N3O2/c1-3-20-30(26(32)19-18-21-12-8-9-13-21)25(4-2)27-29-24-17-11-10-16-23(24)28(33)31(27)22-14-6-5-7-15-22/h5-7,10-11,14-17,21,25H,3-4,8-9,12-13,18-20H2,1-2H3. The third-order valence-corrected chi connectivity index (χ3v) is 6.90. The molecule has 1 amide bonds. The van der Waals surface area contributed by atoms with Gasteiger partial charge in [0.25, 0.3) is 5.56 Å². The van der Waals surface area contributed by atoms with Crippen LogP contribution in [0.5, 0.6) is 0 Å². The first kappa shape index (κ1) is 23.2. The monoisotopic (exact) mass is 445 g/mol. The molecule has 0 radical (unpaired) electrons. The van der Waals surface area contributed by atoms with Gasteiger partial charge in [-0.05, 0) is 49.4 Å². The maximum Gasteiger partial charge on any atom is 0.266 e. The lowest BCUT2D eigenvalue weighted by atomic mass is 10.0. The number of nitrogens with zero attached hydrogens (tertiary/aromatic N) is 3. The van der Waals surface area contributed by atoms with E-state index in [2.05, 4.69) is 13.8 Å². The number of carbonyl (C=O) groups is 1. The van der Waals surface area contributed by atoms with Gasteiger partial charge in [-0.2, -0.15) is 0 Å². The molecule has 0 N–H and O–H groups in total. The molecular formula is C28H35N3O2. The number of hydrogen-bond donors (Lipinski definition) is 0. The molecule has 0 saturated heterocycles. The molecule has 4 rings (SSSR count). The van der Waals surface area contributed by atoms with Gasteiger partial charge in [0.15, 0.2) is 0 Å². The molecule has 2 aromatic carbocycles. The maximum atomic E-state index is 13.6. The van der Waals surface area contributed by atoms with Crippen molar-refractivity contribution >= 4 is 16.8 Å². The fourth-order valence-electron chi connectivity index (χ4n) is 5.21. The van der Waals surface area contributed by atoms with E-state index in [-0.39, 0.29) is 17.5 Å². The van der Waals surface area contributed by atoms with E-state index in [1.165, 1.54) is 25.7 Å². The lowest BCUT2D eigenvalue weighted by Gasteiger charge is -2.32. The molecule has 1 aromatic heterocycles. The number of carbonyl (C=O) groups excluding carboxylic acids is 1. The van der Waals surface area contributed by atoms with Gasteiger partial charge >= 0.3 is 0 Å². The van der Waals surface area contributed by atoms with E-state index >= 15 is 0 Å². The van der Waals surface area contributed by atoms with Crippen LogP contribution in [-0.4, -0.2) is 26.9 Å². The summed E-state index contributed by atoms with van der Waals surface area (Å²) >= 11 is 0. The van der Waals surface area contributed by atoms with Crippen molar-refractivity contribution in [1.29, 1.82) is 0 Å². The Hall–Kier alpha value is -2.95. The summed E-state index contributed by atoms with van der Waals surface area (Å²) < 4.78 is 1.71. The molecule has 0 aliphatic heterocycles. The molecule has 33 heavy (non-hydrogen) atoms. The number of benzene rings is 2. The largest absolute Gasteiger partial charge is 0.333 e. The number of fused-ring (bicyclic) bond motifs is 1. The molecule has 1 atom stereocenters. The Balaban J connectivity index is 1.77. The molecule has 3 aromatic rings. The van der Waals surface area contributed by atoms with Crippen LogP contribution in [0.15, 0.2) is 59.4 Å². The summed E-state index contributed by atoms with van der Waals surface area (Å²) in [6, 6.07) is 16.9. The minimum Gasteiger partial charge on any atom is -0.333 e.